The van der Waals surface area contributed by atoms with Crippen LogP contribution in [0.5, 0.6) is 0 Å². The lowest BCUT2D eigenvalue weighted by atomic mass is 9.92. The minimum absolute atomic E-state index is 0.0986. The number of aromatic carboxylic acids is 1. The largest absolute Gasteiger partial charge is 0.476 e. The fraction of sp³-hybridized carbons (Fsp3) is 0.250. The molecule has 0 aliphatic rings. The lowest BCUT2D eigenvalue weighted by Gasteiger charge is -2.14. The van der Waals surface area contributed by atoms with Crippen molar-refractivity contribution >= 4 is 17.5 Å². The van der Waals surface area contributed by atoms with E-state index in [1.807, 2.05) is 26.8 Å². The topological polar surface area (TPSA) is 80.0 Å². The highest BCUT2D eigenvalue weighted by Crippen LogP contribution is 2.30. The van der Waals surface area contributed by atoms with Crippen LogP contribution >= 0.6 is 0 Å². The van der Waals surface area contributed by atoms with Crippen LogP contribution in [-0.4, -0.2) is 25.8 Å². The van der Waals surface area contributed by atoms with Crippen LogP contribution in [0.25, 0.3) is 5.69 Å². The van der Waals surface area contributed by atoms with E-state index in [2.05, 4.69) is 15.4 Å². The third kappa shape index (κ3) is 3.67. The predicted octanol–water partition coefficient (Wildman–Crippen LogP) is 4.45. The van der Waals surface area contributed by atoms with Crippen molar-refractivity contribution in [3.63, 3.8) is 0 Å². The Morgan fingerprint density at radius 1 is 1.22 bits per heavy atom. The molecule has 0 atom stereocenters. The van der Waals surface area contributed by atoms with Crippen molar-refractivity contribution < 1.29 is 14.3 Å². The number of halogens is 1. The number of carboxylic acids is 1. The Bertz CT molecular complexity index is 1010. The van der Waals surface area contributed by atoms with Gasteiger partial charge in [0.25, 0.3) is 0 Å². The van der Waals surface area contributed by atoms with Crippen molar-refractivity contribution in [3.05, 3.63) is 65.4 Å². The van der Waals surface area contributed by atoms with Gasteiger partial charge in [0.15, 0.2) is 5.69 Å². The highest BCUT2D eigenvalue weighted by molar-refractivity contribution is 5.92. The van der Waals surface area contributed by atoms with Gasteiger partial charge in [-0.1, -0.05) is 26.8 Å². The van der Waals surface area contributed by atoms with Crippen LogP contribution in [-0.2, 0) is 5.41 Å². The molecule has 6 nitrogen and oxygen atoms in total. The van der Waals surface area contributed by atoms with E-state index < -0.39 is 5.97 Å². The van der Waals surface area contributed by atoms with E-state index >= 15 is 0 Å². The number of aromatic nitrogens is 3. The second-order valence-corrected chi connectivity index (χ2v) is 7.29. The molecule has 2 N–H and O–H groups in total. The summed E-state index contributed by atoms with van der Waals surface area (Å²) in [5.74, 6) is -0.940. The second kappa shape index (κ2) is 6.83. The molecular weight excluding hydrogens is 347 g/mol. The molecule has 7 heteroatoms. The summed E-state index contributed by atoms with van der Waals surface area (Å²) in [5, 5.41) is 17.1. The average Bonchev–Trinajstić information content (AvgIpc) is 3.01. The fourth-order valence-corrected chi connectivity index (χ4v) is 2.66. The highest BCUT2D eigenvalue weighted by atomic mass is 19.1. The van der Waals surface area contributed by atoms with Gasteiger partial charge in [-0.3, -0.25) is 0 Å². The summed E-state index contributed by atoms with van der Waals surface area (Å²) in [5.41, 5.74) is 1.81. The molecule has 0 spiro atoms. The molecule has 3 rings (SSSR count). The number of carboxylic acid groups (broad SMARTS) is 1. The molecule has 1 aromatic carbocycles. The lowest BCUT2D eigenvalue weighted by Crippen LogP contribution is -2.13. The number of hydrogen-bond acceptors (Lipinski definition) is 4. The molecule has 27 heavy (non-hydrogen) atoms. The van der Waals surface area contributed by atoms with E-state index in [4.69, 9.17) is 0 Å². The molecule has 0 bridgehead atoms. The van der Waals surface area contributed by atoms with Crippen molar-refractivity contribution in [1.82, 2.24) is 14.8 Å². The van der Waals surface area contributed by atoms with E-state index in [-0.39, 0.29) is 16.9 Å². The van der Waals surface area contributed by atoms with Crippen molar-refractivity contribution in [2.75, 3.05) is 5.32 Å². The normalized spacial score (nSPS) is 11.4. The first-order valence-electron chi connectivity index (χ1n) is 8.50. The molecule has 0 saturated carbocycles. The molecule has 0 fully saturated rings. The molecule has 0 amide bonds. The minimum atomic E-state index is -1.14. The van der Waals surface area contributed by atoms with Crippen molar-refractivity contribution in [1.29, 1.82) is 0 Å². The predicted molar refractivity (Wildman–Crippen MR) is 101 cm³/mol. The van der Waals surface area contributed by atoms with Crippen molar-refractivity contribution in [3.8, 4) is 5.69 Å². The van der Waals surface area contributed by atoms with Crippen LogP contribution in [0.3, 0.4) is 0 Å². The Morgan fingerprint density at radius 3 is 2.63 bits per heavy atom. The van der Waals surface area contributed by atoms with Gasteiger partial charge in [0.2, 0.25) is 0 Å². The zero-order chi connectivity index (χ0) is 19.8. The van der Waals surface area contributed by atoms with E-state index in [0.717, 1.165) is 5.69 Å². The smallest absolute Gasteiger partial charge is 0.356 e. The lowest BCUT2D eigenvalue weighted by molar-refractivity contribution is 0.0691. The zero-order valence-corrected chi connectivity index (χ0v) is 15.6. The number of rotatable bonds is 4. The van der Waals surface area contributed by atoms with Crippen LogP contribution in [0.1, 0.15) is 42.5 Å². The first-order valence-corrected chi connectivity index (χ1v) is 8.50. The summed E-state index contributed by atoms with van der Waals surface area (Å²) in [7, 11) is 0. The number of anilines is 2. The summed E-state index contributed by atoms with van der Waals surface area (Å²) < 4.78 is 15.7. The van der Waals surface area contributed by atoms with Gasteiger partial charge in [-0.2, -0.15) is 5.10 Å². The third-order valence-electron chi connectivity index (χ3n) is 4.22. The first kappa shape index (κ1) is 18.6. The van der Waals surface area contributed by atoms with E-state index in [9.17, 15) is 14.3 Å². The van der Waals surface area contributed by atoms with Gasteiger partial charge < -0.3 is 10.4 Å². The molecular formula is C20H21FN4O2. The summed E-state index contributed by atoms with van der Waals surface area (Å²) in [4.78, 5) is 15.4. The van der Waals surface area contributed by atoms with Gasteiger partial charge in [-0.05, 0) is 31.2 Å². The SMILES string of the molecule is Cc1c(F)cccc1-n1nc(C(C)(C)C)cc1Nc1cccnc1C(=O)O. The maximum Gasteiger partial charge on any atom is 0.356 e. The standard InChI is InChI=1S/C20H21FN4O2/c1-12-13(21)7-5-9-15(12)25-17(11-16(24-25)20(2,3)4)23-14-8-6-10-22-18(14)19(26)27/h5-11,23H,1-4H3,(H,26,27). The van der Waals surface area contributed by atoms with E-state index in [1.54, 1.807) is 35.9 Å². The average molecular weight is 368 g/mol. The Kier molecular flexibility index (Phi) is 4.70. The second-order valence-electron chi connectivity index (χ2n) is 7.29. The van der Waals surface area contributed by atoms with Gasteiger partial charge in [-0.15, -0.1) is 0 Å². The number of carbonyl (C=O) groups is 1. The molecule has 0 aliphatic carbocycles. The van der Waals surface area contributed by atoms with Crippen molar-refractivity contribution in [2.24, 2.45) is 0 Å². The van der Waals surface area contributed by atoms with Crippen LogP contribution in [0.15, 0.2) is 42.6 Å². The van der Waals surface area contributed by atoms with Crippen LogP contribution in [0, 0.1) is 12.7 Å². The Balaban J connectivity index is 2.17. The fourth-order valence-electron chi connectivity index (χ4n) is 2.66. The number of hydrogen-bond donors (Lipinski definition) is 2. The molecule has 3 aromatic rings. The van der Waals surface area contributed by atoms with Crippen LogP contribution in [0.4, 0.5) is 15.9 Å². The Hall–Kier alpha value is -3.22. The quantitative estimate of drug-likeness (QED) is 0.711. The van der Waals surface area contributed by atoms with Gasteiger partial charge >= 0.3 is 5.97 Å². The Labute approximate surface area is 156 Å². The molecule has 2 heterocycles. The van der Waals surface area contributed by atoms with Crippen LogP contribution < -0.4 is 5.32 Å². The van der Waals surface area contributed by atoms with Gasteiger partial charge in [-0.25, -0.2) is 18.9 Å². The van der Waals surface area contributed by atoms with Gasteiger partial charge in [0.05, 0.1) is 17.1 Å². The summed E-state index contributed by atoms with van der Waals surface area (Å²) >= 11 is 0. The summed E-state index contributed by atoms with van der Waals surface area (Å²) in [6.07, 6.45) is 1.42. The Morgan fingerprint density at radius 2 is 1.96 bits per heavy atom. The molecule has 0 saturated heterocycles. The third-order valence-corrected chi connectivity index (χ3v) is 4.22. The summed E-state index contributed by atoms with van der Waals surface area (Å²) in [6, 6.07) is 9.89. The number of pyridine rings is 1. The van der Waals surface area contributed by atoms with Gasteiger partial charge in [0, 0.05) is 23.2 Å². The summed E-state index contributed by atoms with van der Waals surface area (Å²) in [6.45, 7) is 7.75. The number of nitrogens with one attached hydrogen (secondary N) is 1. The van der Waals surface area contributed by atoms with Gasteiger partial charge in [0.1, 0.15) is 11.6 Å². The number of nitrogens with zero attached hydrogens (tertiary/aromatic N) is 3. The van der Waals surface area contributed by atoms with E-state index in [0.29, 0.717) is 22.8 Å². The highest BCUT2D eigenvalue weighted by Gasteiger charge is 2.22. The maximum atomic E-state index is 14.1. The molecule has 0 aliphatic heterocycles. The van der Waals surface area contributed by atoms with E-state index in [1.165, 1.54) is 12.3 Å². The minimum Gasteiger partial charge on any atom is -0.476 e. The number of benzene rings is 1. The maximum absolute atomic E-state index is 14.1. The van der Waals surface area contributed by atoms with Crippen LogP contribution in [0.2, 0.25) is 0 Å². The van der Waals surface area contributed by atoms with Crippen molar-refractivity contribution in [2.45, 2.75) is 33.1 Å². The molecule has 0 unspecified atom stereocenters. The molecule has 2 aromatic heterocycles. The zero-order valence-electron chi connectivity index (χ0n) is 15.6. The molecule has 0 radical (unpaired) electrons. The first-order chi connectivity index (χ1) is 12.7. The molecule has 140 valence electrons. The monoisotopic (exact) mass is 368 g/mol.